The average molecular weight is 548 g/mol. The lowest BCUT2D eigenvalue weighted by Gasteiger charge is -2.17. The van der Waals surface area contributed by atoms with Crippen LogP contribution in [0.3, 0.4) is 0 Å². The van der Waals surface area contributed by atoms with Crippen molar-refractivity contribution in [2.45, 2.75) is 0 Å². The lowest BCUT2D eigenvalue weighted by Crippen LogP contribution is -1.98. The number of benzene rings is 7. The molecule has 0 aliphatic rings. The summed E-state index contributed by atoms with van der Waals surface area (Å²) in [6.45, 7) is 0. The molecule has 9 aromatic rings. The molecule has 0 spiro atoms. The molecule has 0 aliphatic carbocycles. The topological polar surface area (TPSA) is 30.7 Å². The SMILES string of the molecule is c1ccc(-n2c(-c3ccc4ccc5c(-c6cccc(-c7ccncc7)c6)ccc6ccc3c4c65)nc3ccccc32)cc1. The Morgan fingerprint density at radius 1 is 0.465 bits per heavy atom. The minimum Gasteiger partial charge on any atom is -0.292 e. The van der Waals surface area contributed by atoms with Crippen LogP contribution in [0.5, 0.6) is 0 Å². The summed E-state index contributed by atoms with van der Waals surface area (Å²) in [6, 6.07) is 50.0. The zero-order valence-corrected chi connectivity index (χ0v) is 23.3. The quantitative estimate of drug-likeness (QED) is 0.205. The molecule has 0 amide bonds. The van der Waals surface area contributed by atoms with E-state index in [2.05, 4.69) is 149 Å². The van der Waals surface area contributed by atoms with Crippen molar-refractivity contribution in [3.8, 4) is 39.3 Å². The lowest BCUT2D eigenvalue weighted by molar-refractivity contribution is 1.11. The molecule has 43 heavy (non-hydrogen) atoms. The van der Waals surface area contributed by atoms with Crippen LogP contribution in [0.2, 0.25) is 0 Å². The van der Waals surface area contributed by atoms with Crippen LogP contribution in [0.25, 0.3) is 82.7 Å². The van der Waals surface area contributed by atoms with Crippen molar-refractivity contribution < 1.29 is 0 Å². The van der Waals surface area contributed by atoms with E-state index in [0.717, 1.165) is 28.1 Å². The van der Waals surface area contributed by atoms with Crippen molar-refractivity contribution in [3.05, 3.63) is 152 Å². The van der Waals surface area contributed by atoms with Gasteiger partial charge in [-0.1, -0.05) is 91.0 Å². The first-order chi connectivity index (χ1) is 21.3. The molecule has 0 unspecified atom stereocenters. The summed E-state index contributed by atoms with van der Waals surface area (Å²) in [5.74, 6) is 0.954. The van der Waals surface area contributed by atoms with Crippen molar-refractivity contribution in [1.82, 2.24) is 14.5 Å². The molecule has 0 N–H and O–H groups in total. The van der Waals surface area contributed by atoms with Gasteiger partial charge in [0.05, 0.1) is 11.0 Å². The zero-order chi connectivity index (χ0) is 28.3. The minimum absolute atomic E-state index is 0.954. The average Bonchev–Trinajstić information content (AvgIpc) is 3.47. The van der Waals surface area contributed by atoms with Gasteiger partial charge in [0, 0.05) is 23.6 Å². The Balaban J connectivity index is 1.31. The molecule has 3 heteroatoms. The fourth-order valence-corrected chi connectivity index (χ4v) is 6.70. The number of imidazole rings is 1. The molecule has 2 aromatic heterocycles. The van der Waals surface area contributed by atoms with Crippen LogP contribution in [0.4, 0.5) is 0 Å². The van der Waals surface area contributed by atoms with Gasteiger partial charge in [-0.3, -0.25) is 9.55 Å². The predicted octanol–water partition coefficient (Wildman–Crippen LogP) is 10.3. The summed E-state index contributed by atoms with van der Waals surface area (Å²) in [7, 11) is 0. The third kappa shape index (κ3) is 3.68. The van der Waals surface area contributed by atoms with Crippen molar-refractivity contribution in [1.29, 1.82) is 0 Å². The molecule has 0 saturated heterocycles. The third-order valence-corrected chi connectivity index (χ3v) is 8.67. The Hall–Kier alpha value is -5.80. The van der Waals surface area contributed by atoms with Gasteiger partial charge in [0.2, 0.25) is 0 Å². The molecule has 0 radical (unpaired) electrons. The number of fused-ring (bicyclic) bond motifs is 1. The van der Waals surface area contributed by atoms with Gasteiger partial charge < -0.3 is 0 Å². The van der Waals surface area contributed by atoms with Gasteiger partial charge in [-0.2, -0.15) is 0 Å². The summed E-state index contributed by atoms with van der Waals surface area (Å²) in [6.07, 6.45) is 3.70. The maximum atomic E-state index is 5.20. The number of hydrogen-bond acceptors (Lipinski definition) is 2. The largest absolute Gasteiger partial charge is 0.292 e. The Morgan fingerprint density at radius 3 is 1.91 bits per heavy atom. The monoisotopic (exact) mass is 547 g/mol. The lowest BCUT2D eigenvalue weighted by atomic mass is 9.88. The highest BCUT2D eigenvalue weighted by molar-refractivity contribution is 6.27. The van der Waals surface area contributed by atoms with Gasteiger partial charge in [-0.05, 0) is 103 Å². The molecule has 0 bridgehead atoms. The highest BCUT2D eigenvalue weighted by Crippen LogP contribution is 2.43. The minimum atomic E-state index is 0.954. The standard InChI is InChI=1S/C40H25N3/c1-2-9-31(10-3-1)43-37-12-5-4-11-36(37)42-40(43)35-20-16-28-14-18-33-32(17-13-27-15-19-34(35)39(28)38(27)33)30-8-6-7-29(25-30)26-21-23-41-24-22-26/h1-25H. The Labute approximate surface area is 248 Å². The second-order valence-corrected chi connectivity index (χ2v) is 11.1. The summed E-state index contributed by atoms with van der Waals surface area (Å²) in [5.41, 5.74) is 9.13. The van der Waals surface area contributed by atoms with Crippen molar-refractivity contribution in [2.75, 3.05) is 0 Å². The first kappa shape index (κ1) is 23.9. The second-order valence-electron chi connectivity index (χ2n) is 11.1. The van der Waals surface area contributed by atoms with Crippen LogP contribution in [0.1, 0.15) is 0 Å². The van der Waals surface area contributed by atoms with Crippen molar-refractivity contribution in [2.24, 2.45) is 0 Å². The van der Waals surface area contributed by atoms with Gasteiger partial charge in [0.1, 0.15) is 5.82 Å². The number of rotatable bonds is 4. The number of aromatic nitrogens is 3. The highest BCUT2D eigenvalue weighted by Gasteiger charge is 2.19. The molecule has 0 aliphatic heterocycles. The van der Waals surface area contributed by atoms with E-state index in [1.165, 1.54) is 54.6 Å². The highest BCUT2D eigenvalue weighted by atomic mass is 15.1. The van der Waals surface area contributed by atoms with Gasteiger partial charge in [0.15, 0.2) is 0 Å². The second kappa shape index (κ2) is 9.37. The molecule has 7 aromatic carbocycles. The van der Waals surface area contributed by atoms with Crippen LogP contribution < -0.4 is 0 Å². The summed E-state index contributed by atoms with van der Waals surface area (Å²) in [5, 5.41) is 7.54. The smallest absolute Gasteiger partial charge is 0.146 e. The van der Waals surface area contributed by atoms with Crippen LogP contribution in [-0.4, -0.2) is 14.5 Å². The fraction of sp³-hybridized carbons (Fsp3) is 0. The summed E-state index contributed by atoms with van der Waals surface area (Å²) < 4.78 is 2.29. The van der Waals surface area contributed by atoms with E-state index >= 15 is 0 Å². The van der Waals surface area contributed by atoms with E-state index in [0.29, 0.717) is 0 Å². The number of para-hydroxylation sites is 3. The molecule has 9 rings (SSSR count). The van der Waals surface area contributed by atoms with E-state index in [9.17, 15) is 0 Å². The first-order valence-corrected chi connectivity index (χ1v) is 14.6. The number of hydrogen-bond donors (Lipinski definition) is 0. The van der Waals surface area contributed by atoms with Crippen molar-refractivity contribution in [3.63, 3.8) is 0 Å². The fourth-order valence-electron chi connectivity index (χ4n) is 6.70. The molecule has 0 fully saturated rings. The van der Waals surface area contributed by atoms with Crippen LogP contribution >= 0.6 is 0 Å². The molecule has 200 valence electrons. The predicted molar refractivity (Wildman–Crippen MR) is 179 cm³/mol. The molecule has 3 nitrogen and oxygen atoms in total. The maximum Gasteiger partial charge on any atom is 0.146 e. The van der Waals surface area contributed by atoms with E-state index < -0.39 is 0 Å². The molecular weight excluding hydrogens is 522 g/mol. The number of pyridine rings is 1. The Morgan fingerprint density at radius 2 is 1.12 bits per heavy atom. The van der Waals surface area contributed by atoms with Crippen LogP contribution in [0, 0.1) is 0 Å². The Kier molecular flexibility index (Phi) is 5.20. The Bertz CT molecular complexity index is 2440. The van der Waals surface area contributed by atoms with Crippen molar-refractivity contribution >= 4 is 43.4 Å². The van der Waals surface area contributed by atoms with E-state index in [4.69, 9.17) is 4.98 Å². The van der Waals surface area contributed by atoms with Gasteiger partial charge in [-0.25, -0.2) is 4.98 Å². The normalized spacial score (nSPS) is 11.7. The molecule has 2 heterocycles. The first-order valence-electron chi connectivity index (χ1n) is 14.6. The molecule has 0 atom stereocenters. The zero-order valence-electron chi connectivity index (χ0n) is 23.3. The van der Waals surface area contributed by atoms with Gasteiger partial charge in [0.25, 0.3) is 0 Å². The van der Waals surface area contributed by atoms with Crippen LogP contribution in [-0.2, 0) is 0 Å². The third-order valence-electron chi connectivity index (χ3n) is 8.67. The molecular formula is C40H25N3. The van der Waals surface area contributed by atoms with E-state index in [1.807, 2.05) is 12.4 Å². The van der Waals surface area contributed by atoms with E-state index in [1.54, 1.807) is 0 Å². The summed E-state index contributed by atoms with van der Waals surface area (Å²) >= 11 is 0. The molecule has 0 saturated carbocycles. The summed E-state index contributed by atoms with van der Waals surface area (Å²) in [4.78, 5) is 9.40. The van der Waals surface area contributed by atoms with Crippen LogP contribution in [0.15, 0.2) is 152 Å². The van der Waals surface area contributed by atoms with Gasteiger partial charge >= 0.3 is 0 Å². The number of nitrogens with zero attached hydrogens (tertiary/aromatic N) is 3. The van der Waals surface area contributed by atoms with Gasteiger partial charge in [-0.15, -0.1) is 0 Å². The van der Waals surface area contributed by atoms with E-state index in [-0.39, 0.29) is 0 Å². The maximum absolute atomic E-state index is 5.20.